The summed E-state index contributed by atoms with van der Waals surface area (Å²) in [5.41, 5.74) is 13.9. The maximum Gasteiger partial charge on any atom is 0.207 e. The minimum Gasteiger partial charge on any atom is -0.456 e. The fraction of sp³-hybridized carbons (Fsp3) is 0. The summed E-state index contributed by atoms with van der Waals surface area (Å²) in [4.78, 5) is 15.1. The molecule has 12 rings (SSSR count). The summed E-state index contributed by atoms with van der Waals surface area (Å²) < 4.78 is 37.8. The molecule has 0 radical (unpaired) electrons. The summed E-state index contributed by atoms with van der Waals surface area (Å²) in [6.45, 7) is 0. The first kappa shape index (κ1) is 37.5. The molecule has 0 fully saturated rings. The molecule has 0 atom stereocenters. The van der Waals surface area contributed by atoms with E-state index in [-0.39, 0.29) is 9.79 Å². The minimum absolute atomic E-state index is 0.191. The van der Waals surface area contributed by atoms with Gasteiger partial charge in [0.2, 0.25) is 9.84 Å². The summed E-state index contributed by atoms with van der Waals surface area (Å²) in [5, 5.41) is 1.57. The van der Waals surface area contributed by atoms with Gasteiger partial charge in [-0.05, 0) is 87.0 Å². The second kappa shape index (κ2) is 15.0. The van der Waals surface area contributed by atoms with Crippen LogP contribution >= 0.6 is 0 Å². The maximum atomic E-state index is 15.7. The molecule has 3 aromatic heterocycles. The molecule has 64 heavy (non-hydrogen) atoms. The summed E-state index contributed by atoms with van der Waals surface area (Å²) in [6.07, 6.45) is 3.62. The molecule has 1 aliphatic heterocycles. The third-order valence-corrected chi connectivity index (χ3v) is 14.1. The Bertz CT molecular complexity index is 3730. The highest BCUT2D eigenvalue weighted by molar-refractivity contribution is 7.91. The quantitative estimate of drug-likeness (QED) is 0.175. The predicted molar refractivity (Wildman–Crippen MR) is 256 cm³/mol. The van der Waals surface area contributed by atoms with E-state index in [2.05, 4.69) is 53.5 Å². The molecule has 11 aromatic rings. The maximum absolute atomic E-state index is 15.7. The molecule has 4 heterocycles. The summed E-state index contributed by atoms with van der Waals surface area (Å²) in [6, 6.07) is 65.7. The molecule has 0 N–H and O–H groups in total. The lowest BCUT2D eigenvalue weighted by Crippen LogP contribution is -2.06. The number of aromatic nitrogens is 3. The van der Waals surface area contributed by atoms with Crippen LogP contribution in [0.2, 0.25) is 0 Å². The topological polar surface area (TPSA) is 86.0 Å². The van der Waals surface area contributed by atoms with Crippen molar-refractivity contribution < 1.29 is 12.8 Å². The standard InChI is InChI=1S/C57H35N3O3S/c61-64(62)55-23-11-9-21-47(55)44-19-7-6-17-42(44)41-16-4-5-18-43(41)45-29-28-39(31-48(45)50-32-54-49(33-56(50)64)46-20-8-10-22-53(46)63-54)52-34-51(37-13-2-1-3-14-37)59-57(60-52)38-26-24-36(25-27-38)40-15-12-30-58-35-40/h1-35H. The van der Waals surface area contributed by atoms with Crippen LogP contribution in [0.15, 0.2) is 227 Å². The van der Waals surface area contributed by atoms with E-state index < -0.39 is 9.84 Å². The third kappa shape index (κ3) is 6.24. The highest BCUT2D eigenvalue weighted by Crippen LogP contribution is 2.49. The molecule has 0 amide bonds. The molecular formula is C57H35N3O3S. The van der Waals surface area contributed by atoms with Gasteiger partial charge >= 0.3 is 0 Å². The van der Waals surface area contributed by atoms with Gasteiger partial charge in [0.15, 0.2) is 5.82 Å². The first-order chi connectivity index (χ1) is 31.5. The molecular weight excluding hydrogens is 807 g/mol. The van der Waals surface area contributed by atoms with Crippen LogP contribution < -0.4 is 0 Å². The van der Waals surface area contributed by atoms with E-state index >= 15 is 8.42 Å². The molecule has 8 aromatic carbocycles. The Labute approximate surface area is 369 Å². The van der Waals surface area contributed by atoms with Gasteiger partial charge in [0.1, 0.15) is 11.2 Å². The number of fused-ring (bicyclic) bond motifs is 12. The van der Waals surface area contributed by atoms with E-state index in [4.69, 9.17) is 14.4 Å². The van der Waals surface area contributed by atoms with Crippen LogP contribution in [0.1, 0.15) is 0 Å². The highest BCUT2D eigenvalue weighted by Gasteiger charge is 2.31. The van der Waals surface area contributed by atoms with Gasteiger partial charge in [-0.1, -0.05) is 158 Å². The molecule has 0 saturated heterocycles. The van der Waals surface area contributed by atoms with Gasteiger partial charge in [-0.2, -0.15) is 0 Å². The van der Waals surface area contributed by atoms with Crippen molar-refractivity contribution in [3.8, 4) is 89.5 Å². The Kier molecular flexibility index (Phi) is 8.77. The van der Waals surface area contributed by atoms with Gasteiger partial charge in [0, 0.05) is 51.0 Å². The summed E-state index contributed by atoms with van der Waals surface area (Å²) in [5.74, 6) is 0.566. The Morgan fingerprint density at radius 1 is 0.359 bits per heavy atom. The van der Waals surface area contributed by atoms with Crippen LogP contribution in [-0.2, 0) is 9.84 Å². The van der Waals surface area contributed by atoms with E-state index in [0.717, 1.165) is 77.7 Å². The normalized spacial score (nSPS) is 12.6. The number of furan rings is 1. The van der Waals surface area contributed by atoms with E-state index in [1.807, 2.05) is 140 Å². The van der Waals surface area contributed by atoms with Crippen LogP contribution in [0.5, 0.6) is 0 Å². The van der Waals surface area contributed by atoms with Crippen LogP contribution in [0.3, 0.4) is 0 Å². The van der Waals surface area contributed by atoms with E-state index in [1.165, 1.54) is 0 Å². The lowest BCUT2D eigenvalue weighted by Gasteiger charge is -2.18. The van der Waals surface area contributed by atoms with Crippen molar-refractivity contribution in [2.45, 2.75) is 9.79 Å². The zero-order valence-corrected chi connectivity index (χ0v) is 35.0. The lowest BCUT2D eigenvalue weighted by molar-refractivity contribution is 0.596. The van der Waals surface area contributed by atoms with Crippen molar-refractivity contribution in [1.82, 2.24) is 15.0 Å². The number of nitrogens with zero attached hydrogens (tertiary/aromatic N) is 3. The van der Waals surface area contributed by atoms with Crippen molar-refractivity contribution in [3.63, 3.8) is 0 Å². The molecule has 7 heteroatoms. The zero-order valence-electron chi connectivity index (χ0n) is 34.2. The summed E-state index contributed by atoms with van der Waals surface area (Å²) in [7, 11) is -4.19. The summed E-state index contributed by atoms with van der Waals surface area (Å²) >= 11 is 0. The molecule has 0 unspecified atom stereocenters. The van der Waals surface area contributed by atoms with Crippen LogP contribution in [0.4, 0.5) is 0 Å². The number of hydrogen-bond donors (Lipinski definition) is 0. The number of hydrogen-bond acceptors (Lipinski definition) is 6. The smallest absolute Gasteiger partial charge is 0.207 e. The second-order valence-electron chi connectivity index (χ2n) is 15.9. The second-order valence-corrected chi connectivity index (χ2v) is 17.8. The van der Waals surface area contributed by atoms with Crippen LogP contribution in [-0.4, -0.2) is 23.4 Å². The fourth-order valence-electron chi connectivity index (χ4n) is 9.12. The third-order valence-electron chi connectivity index (χ3n) is 12.2. The number of rotatable bonds is 4. The highest BCUT2D eigenvalue weighted by atomic mass is 32.2. The van der Waals surface area contributed by atoms with Gasteiger partial charge in [-0.3, -0.25) is 4.98 Å². The van der Waals surface area contributed by atoms with Gasteiger partial charge in [-0.25, -0.2) is 18.4 Å². The molecule has 302 valence electrons. The molecule has 6 nitrogen and oxygen atoms in total. The molecule has 0 saturated carbocycles. The van der Waals surface area contributed by atoms with Crippen molar-refractivity contribution >= 4 is 31.8 Å². The Balaban J connectivity index is 1.15. The largest absolute Gasteiger partial charge is 0.456 e. The van der Waals surface area contributed by atoms with Crippen molar-refractivity contribution in [3.05, 3.63) is 213 Å². The van der Waals surface area contributed by atoms with Crippen molar-refractivity contribution in [1.29, 1.82) is 0 Å². The molecule has 0 bridgehead atoms. The van der Waals surface area contributed by atoms with Gasteiger partial charge < -0.3 is 4.42 Å². The van der Waals surface area contributed by atoms with Crippen molar-refractivity contribution in [2.75, 3.05) is 0 Å². The van der Waals surface area contributed by atoms with Crippen molar-refractivity contribution in [2.24, 2.45) is 0 Å². The Hall–Kier alpha value is -8.26. The molecule has 1 aliphatic rings. The average Bonchev–Trinajstić information content (AvgIpc) is 3.73. The van der Waals surface area contributed by atoms with Crippen LogP contribution in [0, 0.1) is 0 Å². The zero-order chi connectivity index (χ0) is 42.8. The average molecular weight is 842 g/mol. The number of para-hydroxylation sites is 1. The van der Waals surface area contributed by atoms with Gasteiger partial charge in [0.25, 0.3) is 0 Å². The number of benzene rings is 8. The number of sulfone groups is 1. The van der Waals surface area contributed by atoms with Crippen LogP contribution in [0.25, 0.3) is 111 Å². The lowest BCUT2D eigenvalue weighted by atomic mass is 9.85. The molecule has 0 spiro atoms. The van der Waals surface area contributed by atoms with E-state index in [9.17, 15) is 0 Å². The SMILES string of the molecule is O=S1(=O)c2ccccc2-c2ccccc2-c2ccccc2-c2ccc(-c3cc(-c4ccccc4)nc(-c4ccc(-c5cccnc5)cc4)n3)cc2-c2cc3oc4ccccc4c3cc21. The van der Waals surface area contributed by atoms with E-state index in [1.54, 1.807) is 24.4 Å². The van der Waals surface area contributed by atoms with E-state index in [0.29, 0.717) is 33.8 Å². The minimum atomic E-state index is -4.19. The number of pyridine rings is 1. The Morgan fingerprint density at radius 2 is 0.938 bits per heavy atom. The fourth-order valence-corrected chi connectivity index (χ4v) is 10.8. The molecule has 0 aliphatic carbocycles. The Morgan fingerprint density at radius 3 is 1.66 bits per heavy atom. The predicted octanol–water partition coefficient (Wildman–Crippen LogP) is 14.3. The first-order valence-corrected chi connectivity index (χ1v) is 22.5. The van der Waals surface area contributed by atoms with Gasteiger partial charge in [-0.15, -0.1) is 0 Å². The first-order valence-electron chi connectivity index (χ1n) is 21.1. The van der Waals surface area contributed by atoms with Gasteiger partial charge in [0.05, 0.1) is 21.2 Å². The monoisotopic (exact) mass is 841 g/mol.